The van der Waals surface area contributed by atoms with Crippen LogP contribution in [0, 0.1) is 13.8 Å². The third-order valence-corrected chi connectivity index (χ3v) is 3.35. The van der Waals surface area contributed by atoms with E-state index in [1.165, 1.54) is 0 Å². The highest BCUT2D eigenvalue weighted by atomic mass is 127. The van der Waals surface area contributed by atoms with Crippen LogP contribution in [0.4, 0.5) is 0 Å². The number of aromatic nitrogens is 2. The van der Waals surface area contributed by atoms with Gasteiger partial charge < -0.3 is 11.1 Å². The summed E-state index contributed by atoms with van der Waals surface area (Å²) in [5, 5.41) is 7.79. The first kappa shape index (κ1) is 19.5. The minimum Gasteiger partial charge on any atom is -0.370 e. The Hall–Kier alpha value is -1.57. The first-order chi connectivity index (χ1) is 10.3. The molecule has 1 aromatic carbocycles. The quantitative estimate of drug-likeness (QED) is 0.449. The summed E-state index contributed by atoms with van der Waals surface area (Å²) in [6.45, 7) is 10.8. The van der Waals surface area contributed by atoms with Crippen LogP contribution in [0.2, 0.25) is 0 Å². The number of aliphatic imine (C=N–C) groups is 1. The number of nitrogens with two attached hydrogens (primary N) is 1. The zero-order valence-electron chi connectivity index (χ0n) is 14.4. The van der Waals surface area contributed by atoms with Crippen molar-refractivity contribution >= 4 is 29.9 Å². The molecule has 0 atom stereocenters. The van der Waals surface area contributed by atoms with E-state index in [1.807, 2.05) is 41.9 Å². The van der Waals surface area contributed by atoms with E-state index in [1.54, 1.807) is 0 Å². The number of hydrogen-bond acceptors (Lipinski definition) is 2. The number of benzene rings is 1. The molecule has 0 bridgehead atoms. The lowest BCUT2D eigenvalue weighted by Gasteiger charge is -2.21. The number of nitrogens with zero attached hydrogens (tertiary/aromatic N) is 3. The lowest BCUT2D eigenvalue weighted by Crippen LogP contribution is -2.45. The minimum atomic E-state index is -0.0914. The summed E-state index contributed by atoms with van der Waals surface area (Å²) in [6, 6.07) is 10.1. The molecule has 0 radical (unpaired) electrons. The molecule has 0 aliphatic heterocycles. The van der Waals surface area contributed by atoms with Crippen molar-refractivity contribution in [2.24, 2.45) is 10.7 Å². The highest BCUT2D eigenvalue weighted by Crippen LogP contribution is 2.18. The summed E-state index contributed by atoms with van der Waals surface area (Å²) < 4.78 is 1.95. The first-order valence-electron chi connectivity index (χ1n) is 7.46. The summed E-state index contributed by atoms with van der Waals surface area (Å²) in [5.74, 6) is 0.457. The average molecular weight is 427 g/mol. The fourth-order valence-corrected chi connectivity index (χ4v) is 2.31. The molecule has 3 N–H and O–H groups in total. The Kier molecular flexibility index (Phi) is 6.61. The minimum absolute atomic E-state index is 0. The third-order valence-electron chi connectivity index (χ3n) is 3.35. The van der Waals surface area contributed by atoms with E-state index in [4.69, 9.17) is 5.73 Å². The molecule has 126 valence electrons. The Labute approximate surface area is 155 Å². The molecular formula is C17H26IN5. The molecule has 2 aromatic rings. The molecule has 0 fully saturated rings. The molecule has 5 nitrogen and oxygen atoms in total. The van der Waals surface area contributed by atoms with E-state index < -0.39 is 0 Å². The Balaban J connectivity index is 0.00000264. The largest absolute Gasteiger partial charge is 0.370 e. The molecule has 0 aliphatic carbocycles. The second-order valence-electron chi connectivity index (χ2n) is 6.47. The summed E-state index contributed by atoms with van der Waals surface area (Å²) in [5.41, 5.74) is 10.1. The molecule has 0 amide bonds. The van der Waals surface area contributed by atoms with Gasteiger partial charge in [0.15, 0.2) is 5.96 Å². The lowest BCUT2D eigenvalue weighted by atomic mass is 10.1. The molecular weight excluding hydrogens is 401 g/mol. The second kappa shape index (κ2) is 7.81. The van der Waals surface area contributed by atoms with Gasteiger partial charge in [-0.3, -0.25) is 0 Å². The Morgan fingerprint density at radius 3 is 2.39 bits per heavy atom. The van der Waals surface area contributed by atoms with Gasteiger partial charge in [0, 0.05) is 16.8 Å². The van der Waals surface area contributed by atoms with Gasteiger partial charge in [-0.25, -0.2) is 9.67 Å². The average Bonchev–Trinajstić information content (AvgIpc) is 2.71. The van der Waals surface area contributed by atoms with Gasteiger partial charge in [0.25, 0.3) is 0 Å². The number of nitrogens with one attached hydrogen (secondary N) is 1. The maximum absolute atomic E-state index is 5.94. The van der Waals surface area contributed by atoms with E-state index in [9.17, 15) is 0 Å². The summed E-state index contributed by atoms with van der Waals surface area (Å²) in [6.07, 6.45) is 0. The number of aryl methyl sites for hydroxylation is 1. The summed E-state index contributed by atoms with van der Waals surface area (Å²) >= 11 is 0. The highest BCUT2D eigenvalue weighted by molar-refractivity contribution is 14.0. The molecule has 0 saturated heterocycles. The van der Waals surface area contributed by atoms with Crippen molar-refractivity contribution in [3.63, 3.8) is 0 Å². The van der Waals surface area contributed by atoms with Crippen LogP contribution in [-0.4, -0.2) is 21.3 Å². The van der Waals surface area contributed by atoms with Crippen molar-refractivity contribution in [1.82, 2.24) is 15.1 Å². The van der Waals surface area contributed by atoms with Gasteiger partial charge >= 0.3 is 0 Å². The Morgan fingerprint density at radius 1 is 1.22 bits per heavy atom. The van der Waals surface area contributed by atoms with E-state index in [0.29, 0.717) is 12.5 Å². The molecule has 1 heterocycles. The Morgan fingerprint density at radius 2 is 1.83 bits per heavy atom. The molecule has 0 aliphatic rings. The van der Waals surface area contributed by atoms with E-state index in [-0.39, 0.29) is 29.5 Å². The topological polar surface area (TPSA) is 68.2 Å². The molecule has 2 rings (SSSR count). The number of rotatable bonds is 3. The maximum Gasteiger partial charge on any atom is 0.189 e. The number of hydrogen-bond donors (Lipinski definition) is 2. The zero-order valence-corrected chi connectivity index (χ0v) is 16.8. The number of para-hydroxylation sites is 1. The van der Waals surface area contributed by atoms with Crippen LogP contribution < -0.4 is 11.1 Å². The van der Waals surface area contributed by atoms with Crippen molar-refractivity contribution in [2.45, 2.75) is 46.7 Å². The highest BCUT2D eigenvalue weighted by Gasteiger charge is 2.13. The molecule has 0 unspecified atom stereocenters. The van der Waals surface area contributed by atoms with Crippen LogP contribution in [0.1, 0.15) is 37.7 Å². The van der Waals surface area contributed by atoms with Crippen LogP contribution in [0.15, 0.2) is 35.3 Å². The standard InChI is InChI=1S/C17H25N5.HI/c1-12-15(11-19-16(18)20-17(3,4)5)13(2)22(21-12)14-9-7-6-8-10-14;/h6-10H,11H2,1-5H3,(H3,18,19,20);1H. The predicted molar refractivity (Wildman–Crippen MR) is 107 cm³/mol. The predicted octanol–water partition coefficient (Wildman–Crippen LogP) is 3.31. The second-order valence-corrected chi connectivity index (χ2v) is 6.47. The van der Waals surface area contributed by atoms with E-state index >= 15 is 0 Å². The number of halogens is 1. The Bertz CT molecular complexity index is 668. The van der Waals surface area contributed by atoms with Crippen LogP contribution in [0.25, 0.3) is 5.69 Å². The van der Waals surface area contributed by atoms with E-state index in [2.05, 4.69) is 43.1 Å². The van der Waals surface area contributed by atoms with Gasteiger partial charge in [0.05, 0.1) is 17.9 Å². The van der Waals surface area contributed by atoms with Crippen LogP contribution >= 0.6 is 24.0 Å². The maximum atomic E-state index is 5.94. The van der Waals surface area contributed by atoms with Gasteiger partial charge in [-0.05, 0) is 46.8 Å². The molecule has 1 aromatic heterocycles. The van der Waals surface area contributed by atoms with Gasteiger partial charge in [-0.2, -0.15) is 5.10 Å². The molecule has 6 heteroatoms. The van der Waals surface area contributed by atoms with Gasteiger partial charge in [0.1, 0.15) is 0 Å². The summed E-state index contributed by atoms with van der Waals surface area (Å²) in [4.78, 5) is 4.44. The fraction of sp³-hybridized carbons (Fsp3) is 0.412. The summed E-state index contributed by atoms with van der Waals surface area (Å²) in [7, 11) is 0. The molecule has 0 saturated carbocycles. The smallest absolute Gasteiger partial charge is 0.189 e. The normalized spacial score (nSPS) is 12.0. The van der Waals surface area contributed by atoms with Gasteiger partial charge in [-0.1, -0.05) is 18.2 Å². The van der Waals surface area contributed by atoms with E-state index in [0.717, 1.165) is 22.6 Å². The lowest BCUT2D eigenvalue weighted by molar-refractivity contribution is 0.508. The van der Waals surface area contributed by atoms with Crippen molar-refractivity contribution in [2.75, 3.05) is 0 Å². The monoisotopic (exact) mass is 427 g/mol. The van der Waals surface area contributed by atoms with Crippen molar-refractivity contribution in [1.29, 1.82) is 0 Å². The van der Waals surface area contributed by atoms with Crippen LogP contribution in [0.3, 0.4) is 0 Å². The fourth-order valence-electron chi connectivity index (χ4n) is 2.31. The van der Waals surface area contributed by atoms with Gasteiger partial charge in [-0.15, -0.1) is 24.0 Å². The third kappa shape index (κ3) is 5.23. The van der Waals surface area contributed by atoms with Crippen molar-refractivity contribution in [3.05, 3.63) is 47.3 Å². The first-order valence-corrected chi connectivity index (χ1v) is 7.46. The number of guanidine groups is 1. The molecule has 23 heavy (non-hydrogen) atoms. The van der Waals surface area contributed by atoms with Gasteiger partial charge in [0.2, 0.25) is 0 Å². The molecule has 0 spiro atoms. The van der Waals surface area contributed by atoms with Crippen molar-refractivity contribution < 1.29 is 0 Å². The van der Waals surface area contributed by atoms with Crippen molar-refractivity contribution in [3.8, 4) is 5.69 Å². The van der Waals surface area contributed by atoms with Crippen LogP contribution in [0.5, 0.6) is 0 Å². The zero-order chi connectivity index (χ0) is 16.3. The van der Waals surface area contributed by atoms with Crippen LogP contribution in [-0.2, 0) is 6.54 Å². The SMILES string of the molecule is Cc1nn(-c2ccccc2)c(C)c1CN=C(N)NC(C)(C)C.I.